The van der Waals surface area contributed by atoms with Gasteiger partial charge in [0.1, 0.15) is 5.82 Å². The Balaban J connectivity index is 1.83. The monoisotopic (exact) mass is 266 g/mol. The van der Waals surface area contributed by atoms with Crippen LogP contribution in [0.25, 0.3) is 11.0 Å². The zero-order valence-corrected chi connectivity index (χ0v) is 10.9. The zero-order valence-electron chi connectivity index (χ0n) is 10.1. The second-order valence-corrected chi connectivity index (χ2v) is 5.03. The third kappa shape index (κ3) is 2.26. The predicted octanol–water partition coefficient (Wildman–Crippen LogP) is 1.51. The summed E-state index contributed by atoms with van der Waals surface area (Å²) in [6.07, 6.45) is 3.94. The minimum absolute atomic E-state index is 0.238. The van der Waals surface area contributed by atoms with Crippen LogP contribution < -0.4 is 5.32 Å². The standard InChI is InChI=1S/C11H15ClN6/c1-18-4-2-7(3-5-18)14-9-8-6-13-17-10(8)16-11(12)15-9/h6-7H,2-5H2,1H3,(H2,13,14,15,16,17). The van der Waals surface area contributed by atoms with Crippen LogP contribution in [0.2, 0.25) is 5.28 Å². The SMILES string of the molecule is CN1CCC(Nc2nc(Cl)nc3[nH]ncc23)CC1. The van der Waals surface area contributed by atoms with Crippen molar-refractivity contribution in [2.24, 2.45) is 0 Å². The fourth-order valence-electron chi connectivity index (χ4n) is 2.26. The van der Waals surface area contributed by atoms with Gasteiger partial charge in [0.2, 0.25) is 5.28 Å². The second-order valence-electron chi connectivity index (χ2n) is 4.70. The third-order valence-electron chi connectivity index (χ3n) is 3.34. The minimum Gasteiger partial charge on any atom is -0.366 e. The summed E-state index contributed by atoms with van der Waals surface area (Å²) in [4.78, 5) is 10.7. The Hall–Kier alpha value is -1.40. The van der Waals surface area contributed by atoms with Crippen molar-refractivity contribution in [2.45, 2.75) is 18.9 Å². The van der Waals surface area contributed by atoms with Crippen LogP contribution in [-0.4, -0.2) is 51.2 Å². The molecule has 1 saturated heterocycles. The molecule has 18 heavy (non-hydrogen) atoms. The van der Waals surface area contributed by atoms with Gasteiger partial charge in [-0.1, -0.05) is 0 Å². The van der Waals surface area contributed by atoms with Crippen LogP contribution in [0.3, 0.4) is 0 Å². The molecule has 96 valence electrons. The molecule has 0 unspecified atom stereocenters. The molecule has 3 heterocycles. The molecule has 2 aromatic heterocycles. The van der Waals surface area contributed by atoms with Crippen molar-refractivity contribution in [1.82, 2.24) is 25.1 Å². The van der Waals surface area contributed by atoms with Crippen LogP contribution in [0.1, 0.15) is 12.8 Å². The van der Waals surface area contributed by atoms with E-state index in [1.807, 2.05) is 0 Å². The maximum atomic E-state index is 5.90. The van der Waals surface area contributed by atoms with Gasteiger partial charge in [-0.05, 0) is 44.6 Å². The highest BCUT2D eigenvalue weighted by Gasteiger charge is 2.18. The fourth-order valence-corrected chi connectivity index (χ4v) is 2.43. The van der Waals surface area contributed by atoms with E-state index in [4.69, 9.17) is 11.6 Å². The highest BCUT2D eigenvalue weighted by Crippen LogP contribution is 2.22. The summed E-state index contributed by atoms with van der Waals surface area (Å²) in [5.74, 6) is 0.772. The van der Waals surface area contributed by atoms with Crippen molar-refractivity contribution in [3.8, 4) is 0 Å². The maximum absolute atomic E-state index is 5.90. The maximum Gasteiger partial charge on any atom is 0.226 e. The number of aromatic nitrogens is 4. The Kier molecular flexibility index (Phi) is 3.05. The number of H-pyrrole nitrogens is 1. The first-order valence-electron chi connectivity index (χ1n) is 6.04. The van der Waals surface area contributed by atoms with E-state index >= 15 is 0 Å². The predicted molar refractivity (Wildman–Crippen MR) is 70.8 cm³/mol. The number of nitrogens with zero attached hydrogens (tertiary/aromatic N) is 4. The van der Waals surface area contributed by atoms with Crippen LogP contribution >= 0.6 is 11.6 Å². The zero-order chi connectivity index (χ0) is 12.5. The third-order valence-corrected chi connectivity index (χ3v) is 3.51. The molecular weight excluding hydrogens is 252 g/mol. The van der Waals surface area contributed by atoms with Crippen LogP contribution in [0.4, 0.5) is 5.82 Å². The molecule has 0 bridgehead atoms. The van der Waals surface area contributed by atoms with Gasteiger partial charge in [-0.15, -0.1) is 0 Å². The molecule has 0 aromatic carbocycles. The number of nitrogens with one attached hydrogen (secondary N) is 2. The number of halogens is 1. The van der Waals surface area contributed by atoms with Crippen LogP contribution in [0.5, 0.6) is 0 Å². The molecule has 3 rings (SSSR count). The van der Waals surface area contributed by atoms with Gasteiger partial charge in [0.15, 0.2) is 5.65 Å². The quantitative estimate of drug-likeness (QED) is 0.807. The molecule has 0 spiro atoms. The van der Waals surface area contributed by atoms with Gasteiger partial charge in [-0.25, -0.2) is 0 Å². The molecule has 7 heteroatoms. The highest BCUT2D eigenvalue weighted by molar-refractivity contribution is 6.28. The molecule has 0 saturated carbocycles. The number of fused-ring (bicyclic) bond motifs is 1. The Bertz CT molecular complexity index is 545. The van der Waals surface area contributed by atoms with Crippen molar-refractivity contribution in [2.75, 3.05) is 25.5 Å². The van der Waals surface area contributed by atoms with Crippen molar-refractivity contribution < 1.29 is 0 Å². The van der Waals surface area contributed by atoms with E-state index in [2.05, 4.69) is 37.4 Å². The first-order valence-corrected chi connectivity index (χ1v) is 6.42. The fraction of sp³-hybridized carbons (Fsp3) is 0.545. The molecule has 0 atom stereocenters. The van der Waals surface area contributed by atoms with Crippen molar-refractivity contribution in [1.29, 1.82) is 0 Å². The first kappa shape index (κ1) is 11.7. The molecule has 0 radical (unpaired) electrons. The van der Waals surface area contributed by atoms with Gasteiger partial charge < -0.3 is 10.2 Å². The molecule has 0 aliphatic carbocycles. The summed E-state index contributed by atoms with van der Waals surface area (Å²) in [5.41, 5.74) is 0.672. The van der Waals surface area contributed by atoms with E-state index < -0.39 is 0 Å². The lowest BCUT2D eigenvalue weighted by Crippen LogP contribution is -2.36. The molecule has 6 nitrogen and oxygen atoms in total. The Morgan fingerprint density at radius 1 is 1.39 bits per heavy atom. The van der Waals surface area contributed by atoms with Crippen LogP contribution in [-0.2, 0) is 0 Å². The minimum atomic E-state index is 0.238. The number of aromatic amines is 1. The van der Waals surface area contributed by atoms with Crippen molar-refractivity contribution >= 4 is 28.5 Å². The lowest BCUT2D eigenvalue weighted by atomic mass is 10.1. The summed E-state index contributed by atoms with van der Waals surface area (Å²) < 4.78 is 0. The summed E-state index contributed by atoms with van der Waals surface area (Å²) in [5, 5.41) is 11.4. The lowest BCUT2D eigenvalue weighted by Gasteiger charge is -2.29. The molecule has 1 aliphatic rings. The van der Waals surface area contributed by atoms with Crippen molar-refractivity contribution in [3.05, 3.63) is 11.5 Å². The Morgan fingerprint density at radius 3 is 2.94 bits per heavy atom. The first-order chi connectivity index (χ1) is 8.72. The Labute approximate surface area is 110 Å². The molecule has 1 fully saturated rings. The van der Waals surface area contributed by atoms with Gasteiger partial charge in [0.25, 0.3) is 0 Å². The summed E-state index contributed by atoms with van der Waals surface area (Å²) in [7, 11) is 2.14. The normalized spacial score (nSPS) is 18.3. The molecule has 2 aromatic rings. The van der Waals surface area contributed by atoms with E-state index in [9.17, 15) is 0 Å². The van der Waals surface area contributed by atoms with Gasteiger partial charge in [0.05, 0.1) is 11.6 Å². The summed E-state index contributed by atoms with van der Waals surface area (Å²) >= 11 is 5.90. The molecule has 0 amide bonds. The average Bonchev–Trinajstić information content (AvgIpc) is 2.80. The largest absolute Gasteiger partial charge is 0.366 e. The lowest BCUT2D eigenvalue weighted by molar-refractivity contribution is 0.264. The van der Waals surface area contributed by atoms with E-state index in [1.165, 1.54) is 0 Å². The summed E-state index contributed by atoms with van der Waals surface area (Å²) in [6, 6.07) is 0.435. The number of likely N-dealkylation sites (tertiary alicyclic amines) is 1. The average molecular weight is 267 g/mol. The number of anilines is 1. The van der Waals surface area contributed by atoms with Crippen LogP contribution in [0, 0.1) is 0 Å². The van der Waals surface area contributed by atoms with Gasteiger partial charge in [-0.3, -0.25) is 5.10 Å². The van der Waals surface area contributed by atoms with E-state index in [0.29, 0.717) is 11.7 Å². The van der Waals surface area contributed by atoms with Gasteiger partial charge in [0, 0.05) is 6.04 Å². The number of piperidine rings is 1. The van der Waals surface area contributed by atoms with Crippen LogP contribution in [0.15, 0.2) is 6.20 Å². The number of hydrogen-bond donors (Lipinski definition) is 2. The summed E-state index contributed by atoms with van der Waals surface area (Å²) in [6.45, 7) is 2.20. The van der Waals surface area contributed by atoms with E-state index in [0.717, 1.165) is 37.1 Å². The molecular formula is C11H15ClN6. The van der Waals surface area contributed by atoms with Gasteiger partial charge >= 0.3 is 0 Å². The topological polar surface area (TPSA) is 69.7 Å². The van der Waals surface area contributed by atoms with Gasteiger partial charge in [-0.2, -0.15) is 15.1 Å². The number of hydrogen-bond acceptors (Lipinski definition) is 5. The smallest absolute Gasteiger partial charge is 0.226 e. The molecule has 2 N–H and O–H groups in total. The second kappa shape index (κ2) is 4.70. The van der Waals surface area contributed by atoms with Crippen molar-refractivity contribution in [3.63, 3.8) is 0 Å². The number of rotatable bonds is 2. The van der Waals surface area contributed by atoms with E-state index in [-0.39, 0.29) is 5.28 Å². The highest BCUT2D eigenvalue weighted by atomic mass is 35.5. The Morgan fingerprint density at radius 2 is 2.17 bits per heavy atom. The van der Waals surface area contributed by atoms with E-state index in [1.54, 1.807) is 6.20 Å². The molecule has 1 aliphatic heterocycles.